The van der Waals surface area contributed by atoms with Gasteiger partial charge in [-0.2, -0.15) is 0 Å². The zero-order valence-corrected chi connectivity index (χ0v) is 13.4. The molecule has 1 aliphatic heterocycles. The van der Waals surface area contributed by atoms with Gasteiger partial charge < -0.3 is 20.5 Å². The summed E-state index contributed by atoms with van der Waals surface area (Å²) in [5.74, 6) is 0.722. The highest BCUT2D eigenvalue weighted by Crippen LogP contribution is 2.37. The Kier molecular flexibility index (Phi) is 5.80. The normalized spacial score (nSPS) is 18.8. The summed E-state index contributed by atoms with van der Waals surface area (Å²) in [5.41, 5.74) is 7.06. The molecule has 0 saturated carbocycles. The molecule has 2 rings (SSSR count). The number of hydrogen-bond donors (Lipinski definition) is 2. The third-order valence-electron chi connectivity index (χ3n) is 3.97. The van der Waals surface area contributed by atoms with Crippen LogP contribution >= 0.6 is 0 Å². The van der Waals surface area contributed by atoms with E-state index in [1.165, 1.54) is 0 Å². The minimum Gasteiger partial charge on any atom is -0.478 e. The third-order valence-corrected chi connectivity index (χ3v) is 3.97. The average Bonchev–Trinajstić information content (AvgIpc) is 2.54. The fraction of sp³-hybridized carbons (Fsp3) is 0.588. The summed E-state index contributed by atoms with van der Waals surface area (Å²) in [6.45, 7) is 5.21. The molecule has 0 bridgehead atoms. The number of hydrogen-bond acceptors (Lipinski definition) is 4. The van der Waals surface area contributed by atoms with Crippen molar-refractivity contribution in [2.45, 2.75) is 51.7 Å². The topological polar surface area (TPSA) is 75.8 Å². The Morgan fingerprint density at radius 2 is 2.18 bits per heavy atom. The molecule has 2 unspecified atom stereocenters. The van der Waals surface area contributed by atoms with Gasteiger partial charge in [0.25, 0.3) is 5.91 Å². The fourth-order valence-electron chi connectivity index (χ4n) is 2.74. The Morgan fingerprint density at radius 3 is 2.82 bits per heavy atom. The van der Waals surface area contributed by atoms with Crippen molar-refractivity contribution in [3.8, 4) is 5.75 Å². The molecule has 1 aliphatic rings. The maximum atomic E-state index is 12.5. The second-order valence-electron chi connectivity index (χ2n) is 5.68. The van der Waals surface area contributed by atoms with E-state index in [0.717, 1.165) is 29.8 Å². The maximum absolute atomic E-state index is 12.5. The van der Waals surface area contributed by atoms with Crippen molar-refractivity contribution >= 4 is 11.6 Å². The van der Waals surface area contributed by atoms with Crippen molar-refractivity contribution in [1.82, 2.24) is 0 Å². The van der Waals surface area contributed by atoms with Gasteiger partial charge in [-0.25, -0.2) is 0 Å². The zero-order valence-electron chi connectivity index (χ0n) is 13.4. The molecule has 0 aliphatic carbocycles. The van der Waals surface area contributed by atoms with E-state index in [9.17, 15) is 9.90 Å². The van der Waals surface area contributed by atoms with Crippen LogP contribution in [0.2, 0.25) is 0 Å². The standard InChI is InChI=1S/C17H26N2O3/c1-3-10-19-13-11-12(14(20)6-5-9-18)7-8-16(13)22-15(4-2)17(19)21/h7-8,11,14-15,20H,3-6,9-10,18H2,1-2H3. The minimum absolute atomic E-state index is 0.00504. The number of nitrogens with two attached hydrogens (primary N) is 1. The van der Waals surface area contributed by atoms with Gasteiger partial charge in [-0.1, -0.05) is 19.9 Å². The maximum Gasteiger partial charge on any atom is 0.268 e. The van der Waals surface area contributed by atoms with Crippen molar-refractivity contribution in [1.29, 1.82) is 0 Å². The van der Waals surface area contributed by atoms with Crippen molar-refractivity contribution in [2.24, 2.45) is 5.73 Å². The van der Waals surface area contributed by atoms with Gasteiger partial charge in [-0.15, -0.1) is 0 Å². The van der Waals surface area contributed by atoms with Crippen LogP contribution in [-0.2, 0) is 4.79 Å². The van der Waals surface area contributed by atoms with Crippen molar-refractivity contribution in [2.75, 3.05) is 18.0 Å². The van der Waals surface area contributed by atoms with E-state index in [1.54, 1.807) is 4.90 Å². The van der Waals surface area contributed by atoms with Crippen molar-refractivity contribution < 1.29 is 14.6 Å². The lowest BCUT2D eigenvalue weighted by Crippen LogP contribution is -2.46. The molecule has 5 heteroatoms. The molecule has 0 fully saturated rings. The SMILES string of the molecule is CCCN1C(=O)C(CC)Oc2ccc(C(O)CCCN)cc21. The molecule has 2 atom stereocenters. The molecule has 1 aromatic rings. The molecule has 0 aromatic heterocycles. The molecule has 0 saturated heterocycles. The number of anilines is 1. The molecule has 1 amide bonds. The lowest BCUT2D eigenvalue weighted by Gasteiger charge is -2.34. The van der Waals surface area contributed by atoms with Gasteiger partial charge in [0, 0.05) is 6.54 Å². The summed E-state index contributed by atoms with van der Waals surface area (Å²) in [7, 11) is 0. The highest BCUT2D eigenvalue weighted by molar-refractivity contribution is 6.00. The van der Waals surface area contributed by atoms with Crippen LogP contribution in [-0.4, -0.2) is 30.2 Å². The zero-order chi connectivity index (χ0) is 16.1. The molecular weight excluding hydrogens is 280 g/mol. The summed E-state index contributed by atoms with van der Waals surface area (Å²) < 4.78 is 5.79. The number of ether oxygens (including phenoxy) is 1. The number of amides is 1. The number of aliphatic hydroxyl groups excluding tert-OH is 1. The summed E-state index contributed by atoms with van der Waals surface area (Å²) in [6.07, 6.45) is 1.95. The van der Waals surface area contributed by atoms with Crippen LogP contribution in [0.4, 0.5) is 5.69 Å². The first-order chi connectivity index (χ1) is 10.6. The molecule has 3 N–H and O–H groups in total. The Labute approximate surface area is 132 Å². The Balaban J connectivity index is 2.31. The van der Waals surface area contributed by atoms with Gasteiger partial charge in [0.05, 0.1) is 11.8 Å². The highest BCUT2D eigenvalue weighted by atomic mass is 16.5. The Hall–Kier alpha value is -1.59. The number of benzene rings is 1. The van der Waals surface area contributed by atoms with Crippen LogP contribution in [0.15, 0.2) is 18.2 Å². The third kappa shape index (κ3) is 3.42. The molecule has 122 valence electrons. The summed E-state index contributed by atoms with van der Waals surface area (Å²) in [6, 6.07) is 5.59. The largest absolute Gasteiger partial charge is 0.478 e. The molecule has 1 heterocycles. The van der Waals surface area contributed by atoms with Crippen molar-refractivity contribution in [3.05, 3.63) is 23.8 Å². The van der Waals surface area contributed by atoms with Gasteiger partial charge in [0.1, 0.15) is 5.75 Å². The number of fused-ring (bicyclic) bond motifs is 1. The van der Waals surface area contributed by atoms with Crippen LogP contribution in [0.5, 0.6) is 5.75 Å². The molecule has 0 spiro atoms. The van der Waals surface area contributed by atoms with Crippen LogP contribution in [0.3, 0.4) is 0 Å². The summed E-state index contributed by atoms with van der Waals surface area (Å²) in [5, 5.41) is 10.2. The number of nitrogens with zero attached hydrogens (tertiary/aromatic N) is 1. The predicted octanol–water partition coefficient (Wildman–Crippen LogP) is 2.37. The number of carbonyl (C=O) groups excluding carboxylic acids is 1. The van der Waals surface area contributed by atoms with E-state index in [1.807, 2.05) is 32.0 Å². The van der Waals surface area contributed by atoms with Gasteiger partial charge >= 0.3 is 0 Å². The van der Waals surface area contributed by atoms with E-state index >= 15 is 0 Å². The average molecular weight is 306 g/mol. The Morgan fingerprint density at radius 1 is 1.41 bits per heavy atom. The quantitative estimate of drug-likeness (QED) is 0.811. The molecule has 5 nitrogen and oxygen atoms in total. The Bertz CT molecular complexity index is 519. The van der Waals surface area contributed by atoms with E-state index in [2.05, 4.69) is 0 Å². The minimum atomic E-state index is -0.559. The second-order valence-corrected chi connectivity index (χ2v) is 5.68. The van der Waals surface area contributed by atoms with E-state index < -0.39 is 12.2 Å². The van der Waals surface area contributed by atoms with Gasteiger partial charge in [0.15, 0.2) is 6.10 Å². The number of carbonyl (C=O) groups is 1. The van der Waals surface area contributed by atoms with E-state index in [4.69, 9.17) is 10.5 Å². The van der Waals surface area contributed by atoms with Crippen molar-refractivity contribution in [3.63, 3.8) is 0 Å². The first kappa shape index (κ1) is 16.8. The number of rotatable bonds is 7. The molecule has 22 heavy (non-hydrogen) atoms. The molecule has 1 aromatic carbocycles. The monoisotopic (exact) mass is 306 g/mol. The molecule has 0 radical (unpaired) electrons. The van der Waals surface area contributed by atoms with E-state index in [-0.39, 0.29) is 5.91 Å². The highest BCUT2D eigenvalue weighted by Gasteiger charge is 2.33. The van der Waals surface area contributed by atoms with Gasteiger partial charge in [-0.3, -0.25) is 4.79 Å². The second kappa shape index (κ2) is 7.61. The molecular formula is C17H26N2O3. The predicted molar refractivity (Wildman–Crippen MR) is 87.0 cm³/mol. The smallest absolute Gasteiger partial charge is 0.268 e. The summed E-state index contributed by atoms with van der Waals surface area (Å²) >= 11 is 0. The van der Waals surface area contributed by atoms with Crippen LogP contribution in [0.25, 0.3) is 0 Å². The van der Waals surface area contributed by atoms with Crippen LogP contribution in [0, 0.1) is 0 Å². The first-order valence-electron chi connectivity index (χ1n) is 8.12. The lowest BCUT2D eigenvalue weighted by molar-refractivity contribution is -0.126. The fourth-order valence-corrected chi connectivity index (χ4v) is 2.74. The van der Waals surface area contributed by atoms with Crippen LogP contribution in [0.1, 0.15) is 51.2 Å². The first-order valence-corrected chi connectivity index (χ1v) is 8.12. The summed E-state index contributed by atoms with van der Waals surface area (Å²) in [4.78, 5) is 14.3. The van der Waals surface area contributed by atoms with Gasteiger partial charge in [0.2, 0.25) is 0 Å². The van der Waals surface area contributed by atoms with Crippen LogP contribution < -0.4 is 15.4 Å². The van der Waals surface area contributed by atoms with E-state index in [0.29, 0.717) is 25.9 Å². The lowest BCUT2D eigenvalue weighted by atomic mass is 10.0. The number of aliphatic hydroxyl groups is 1. The van der Waals surface area contributed by atoms with Gasteiger partial charge in [-0.05, 0) is 49.9 Å².